The summed E-state index contributed by atoms with van der Waals surface area (Å²) in [6, 6.07) is 6.30. The molecule has 0 radical (unpaired) electrons. The summed E-state index contributed by atoms with van der Waals surface area (Å²) in [6.45, 7) is 2.92. The van der Waals surface area contributed by atoms with Gasteiger partial charge in [-0.25, -0.2) is 0 Å². The van der Waals surface area contributed by atoms with Crippen molar-refractivity contribution < 1.29 is 19.1 Å². The molecule has 0 unspecified atom stereocenters. The summed E-state index contributed by atoms with van der Waals surface area (Å²) in [4.78, 5) is 37.2. The zero-order chi connectivity index (χ0) is 17.5. The van der Waals surface area contributed by atoms with Crippen LogP contribution in [0.3, 0.4) is 0 Å². The molecule has 2 amide bonds. The Labute approximate surface area is 146 Å². The molecule has 0 spiro atoms. The van der Waals surface area contributed by atoms with Crippen molar-refractivity contribution in [3.63, 3.8) is 0 Å². The highest BCUT2D eigenvalue weighted by atomic mass is 35.5. The maximum Gasteiger partial charge on any atom is 0.325 e. The van der Waals surface area contributed by atoms with Crippen LogP contribution in [0.15, 0.2) is 24.3 Å². The monoisotopic (exact) mass is 352 g/mol. The van der Waals surface area contributed by atoms with Crippen molar-refractivity contribution in [2.75, 3.05) is 26.2 Å². The predicted molar refractivity (Wildman–Crippen MR) is 89.7 cm³/mol. The van der Waals surface area contributed by atoms with E-state index in [-0.39, 0.29) is 19.1 Å². The molecule has 0 aliphatic carbocycles. The van der Waals surface area contributed by atoms with Crippen LogP contribution < -0.4 is 5.32 Å². The lowest BCUT2D eigenvalue weighted by Crippen LogP contribution is -2.42. The molecule has 1 aromatic rings. The molecule has 1 atom stereocenters. The van der Waals surface area contributed by atoms with Gasteiger partial charge in [0.15, 0.2) is 6.61 Å². The van der Waals surface area contributed by atoms with Crippen molar-refractivity contribution in [2.24, 2.45) is 5.92 Å². The second-order valence-electron chi connectivity index (χ2n) is 5.94. The average molecular weight is 353 g/mol. The summed E-state index contributed by atoms with van der Waals surface area (Å²) in [5.41, 5.74) is 0.394. The largest absolute Gasteiger partial charge is 0.454 e. The van der Waals surface area contributed by atoms with Crippen LogP contribution in [-0.4, -0.2) is 48.9 Å². The van der Waals surface area contributed by atoms with Gasteiger partial charge in [-0.05, 0) is 43.0 Å². The summed E-state index contributed by atoms with van der Waals surface area (Å²) in [5.74, 6) is -0.772. The second kappa shape index (κ2) is 8.68. The van der Waals surface area contributed by atoms with Gasteiger partial charge in [0.2, 0.25) is 0 Å². The highest BCUT2D eigenvalue weighted by Gasteiger charge is 2.21. The highest BCUT2D eigenvalue weighted by Crippen LogP contribution is 2.15. The summed E-state index contributed by atoms with van der Waals surface area (Å²) in [5, 5.41) is 2.97. The number of esters is 1. The zero-order valence-corrected chi connectivity index (χ0v) is 14.3. The van der Waals surface area contributed by atoms with E-state index in [1.165, 1.54) is 0 Å². The second-order valence-corrected chi connectivity index (χ2v) is 6.37. The van der Waals surface area contributed by atoms with Crippen LogP contribution in [0, 0.1) is 5.92 Å². The predicted octanol–water partition coefficient (Wildman–Crippen LogP) is 1.87. The lowest BCUT2D eigenvalue weighted by Gasteiger charge is -2.30. The summed E-state index contributed by atoms with van der Waals surface area (Å²) in [7, 11) is 0. The highest BCUT2D eigenvalue weighted by molar-refractivity contribution is 6.30. The van der Waals surface area contributed by atoms with Gasteiger partial charge in [-0.2, -0.15) is 0 Å². The number of nitrogens with one attached hydrogen (secondary N) is 1. The SMILES string of the molecule is C[C@@H]1CCCN(C(=O)COC(=O)CNC(=O)c2ccc(Cl)cc2)C1. The number of halogens is 1. The smallest absolute Gasteiger partial charge is 0.325 e. The van der Waals surface area contributed by atoms with Crippen LogP contribution in [-0.2, 0) is 14.3 Å². The van der Waals surface area contributed by atoms with E-state index in [1.807, 2.05) is 0 Å². The lowest BCUT2D eigenvalue weighted by molar-refractivity contribution is -0.151. The number of benzene rings is 1. The van der Waals surface area contributed by atoms with Crippen molar-refractivity contribution in [1.82, 2.24) is 10.2 Å². The maximum atomic E-state index is 12.0. The molecule has 7 heteroatoms. The quantitative estimate of drug-likeness (QED) is 0.821. The zero-order valence-electron chi connectivity index (χ0n) is 13.6. The molecular formula is C17H21ClN2O4. The third-order valence-corrected chi connectivity index (χ3v) is 4.12. The number of amides is 2. The van der Waals surface area contributed by atoms with Gasteiger partial charge in [0, 0.05) is 23.7 Å². The molecule has 0 aromatic heterocycles. The number of nitrogens with zero attached hydrogens (tertiary/aromatic N) is 1. The van der Waals surface area contributed by atoms with Crippen LogP contribution in [0.25, 0.3) is 0 Å². The van der Waals surface area contributed by atoms with Crippen molar-refractivity contribution in [1.29, 1.82) is 0 Å². The van der Waals surface area contributed by atoms with Crippen molar-refractivity contribution >= 4 is 29.4 Å². The van der Waals surface area contributed by atoms with Crippen LogP contribution in [0.2, 0.25) is 5.02 Å². The molecule has 1 aliphatic heterocycles. The number of hydrogen-bond acceptors (Lipinski definition) is 4. The van der Waals surface area contributed by atoms with Gasteiger partial charge in [0.25, 0.3) is 11.8 Å². The lowest BCUT2D eigenvalue weighted by atomic mass is 10.0. The molecule has 130 valence electrons. The Morgan fingerprint density at radius 1 is 1.29 bits per heavy atom. The van der Waals surface area contributed by atoms with E-state index >= 15 is 0 Å². The van der Waals surface area contributed by atoms with Crippen molar-refractivity contribution in [3.8, 4) is 0 Å². The summed E-state index contributed by atoms with van der Waals surface area (Å²) < 4.78 is 4.93. The molecule has 1 fully saturated rings. The molecule has 0 bridgehead atoms. The molecule has 1 aromatic carbocycles. The Kier molecular flexibility index (Phi) is 6.61. The summed E-state index contributed by atoms with van der Waals surface area (Å²) >= 11 is 5.75. The molecule has 6 nitrogen and oxygen atoms in total. The number of ether oxygens (including phenoxy) is 1. The standard InChI is InChI=1S/C17H21ClN2O4/c1-12-3-2-8-20(10-12)15(21)11-24-16(22)9-19-17(23)13-4-6-14(18)7-5-13/h4-7,12H,2-3,8-11H2,1H3,(H,19,23)/t12-/m1/s1. The van der Waals surface area contributed by atoms with Crippen molar-refractivity contribution in [2.45, 2.75) is 19.8 Å². The Morgan fingerprint density at radius 2 is 2.00 bits per heavy atom. The first-order valence-corrected chi connectivity index (χ1v) is 8.30. The third-order valence-electron chi connectivity index (χ3n) is 3.87. The van der Waals surface area contributed by atoms with E-state index in [1.54, 1.807) is 29.2 Å². The van der Waals surface area contributed by atoms with Crippen LogP contribution in [0.5, 0.6) is 0 Å². The number of piperidine rings is 1. The number of carbonyl (C=O) groups excluding carboxylic acids is 3. The fraction of sp³-hybridized carbons (Fsp3) is 0.471. The Morgan fingerprint density at radius 3 is 2.67 bits per heavy atom. The number of rotatable bonds is 5. The number of hydrogen-bond donors (Lipinski definition) is 1. The fourth-order valence-electron chi connectivity index (χ4n) is 2.56. The van der Waals surface area contributed by atoms with Crippen molar-refractivity contribution in [3.05, 3.63) is 34.9 Å². The van der Waals surface area contributed by atoms with E-state index < -0.39 is 11.9 Å². The van der Waals surface area contributed by atoms with E-state index in [0.29, 0.717) is 29.6 Å². The fourth-order valence-corrected chi connectivity index (χ4v) is 2.68. The van der Waals surface area contributed by atoms with E-state index in [0.717, 1.165) is 12.8 Å². The number of carbonyl (C=O) groups is 3. The van der Waals surface area contributed by atoms with Crippen LogP contribution >= 0.6 is 11.6 Å². The topological polar surface area (TPSA) is 75.7 Å². The molecule has 1 aliphatic rings. The number of likely N-dealkylation sites (tertiary alicyclic amines) is 1. The molecule has 1 heterocycles. The molecule has 1 saturated heterocycles. The van der Waals surface area contributed by atoms with E-state index in [4.69, 9.17) is 16.3 Å². The minimum Gasteiger partial charge on any atom is -0.454 e. The average Bonchev–Trinajstić information content (AvgIpc) is 2.58. The van der Waals surface area contributed by atoms with Gasteiger partial charge in [-0.3, -0.25) is 14.4 Å². The van der Waals surface area contributed by atoms with Gasteiger partial charge >= 0.3 is 5.97 Å². The Bertz CT molecular complexity index is 603. The minimum atomic E-state index is -0.643. The maximum absolute atomic E-state index is 12.0. The first kappa shape index (κ1) is 18.3. The molecule has 1 N–H and O–H groups in total. The normalized spacial score (nSPS) is 17.2. The minimum absolute atomic E-state index is 0.195. The third kappa shape index (κ3) is 5.53. The Balaban J connectivity index is 1.70. The van der Waals surface area contributed by atoms with Gasteiger partial charge in [-0.15, -0.1) is 0 Å². The van der Waals surface area contributed by atoms with E-state index in [9.17, 15) is 14.4 Å². The van der Waals surface area contributed by atoms with Gasteiger partial charge in [-0.1, -0.05) is 18.5 Å². The van der Waals surface area contributed by atoms with E-state index in [2.05, 4.69) is 12.2 Å². The molecule has 0 saturated carbocycles. The Hall–Kier alpha value is -2.08. The molecular weight excluding hydrogens is 332 g/mol. The van der Waals surface area contributed by atoms with Crippen LogP contribution in [0.4, 0.5) is 0 Å². The van der Waals surface area contributed by atoms with Gasteiger partial charge in [0.1, 0.15) is 6.54 Å². The molecule has 2 rings (SSSR count). The molecule has 24 heavy (non-hydrogen) atoms. The van der Waals surface area contributed by atoms with Gasteiger partial charge in [0.05, 0.1) is 0 Å². The van der Waals surface area contributed by atoms with Gasteiger partial charge < -0.3 is 15.0 Å². The first-order valence-electron chi connectivity index (χ1n) is 7.93. The first-order chi connectivity index (χ1) is 11.5. The van der Waals surface area contributed by atoms with Crippen LogP contribution in [0.1, 0.15) is 30.1 Å². The summed E-state index contributed by atoms with van der Waals surface area (Å²) in [6.07, 6.45) is 2.08.